The summed E-state index contributed by atoms with van der Waals surface area (Å²) in [6.45, 7) is 11.1. The first-order valence-electron chi connectivity index (χ1n) is 10.7. The van der Waals surface area contributed by atoms with E-state index in [9.17, 15) is 14.7 Å². The van der Waals surface area contributed by atoms with Gasteiger partial charge in [-0.05, 0) is 51.8 Å². The summed E-state index contributed by atoms with van der Waals surface area (Å²) in [5.74, 6) is -1.02. The van der Waals surface area contributed by atoms with Crippen molar-refractivity contribution >= 4 is 11.8 Å². The molecule has 7 heteroatoms. The lowest BCUT2D eigenvalue weighted by Crippen LogP contribution is -2.39. The van der Waals surface area contributed by atoms with Gasteiger partial charge in [0.15, 0.2) is 0 Å². The van der Waals surface area contributed by atoms with Crippen molar-refractivity contribution in [2.24, 2.45) is 17.6 Å². The van der Waals surface area contributed by atoms with E-state index >= 15 is 0 Å². The van der Waals surface area contributed by atoms with Crippen LogP contribution >= 0.6 is 0 Å². The number of rotatable bonds is 5. The normalized spacial score (nSPS) is 32.6. The van der Waals surface area contributed by atoms with Gasteiger partial charge in [0.1, 0.15) is 18.3 Å². The molecule has 2 unspecified atom stereocenters. The highest BCUT2D eigenvalue weighted by Crippen LogP contribution is 2.22. The quantitative estimate of drug-likeness (QED) is 0.404. The van der Waals surface area contributed by atoms with E-state index in [1.165, 1.54) is 0 Å². The third-order valence-corrected chi connectivity index (χ3v) is 5.79. The Morgan fingerprint density at radius 3 is 2.62 bits per heavy atom. The van der Waals surface area contributed by atoms with Gasteiger partial charge in [-0.3, -0.25) is 9.59 Å². The summed E-state index contributed by atoms with van der Waals surface area (Å²) >= 11 is 0. The van der Waals surface area contributed by atoms with E-state index in [4.69, 9.17) is 15.2 Å². The van der Waals surface area contributed by atoms with Crippen LogP contribution in [0.15, 0.2) is 11.6 Å². The number of likely N-dealkylation sites (N-methyl/N-ethyl adjacent to an activating group) is 1. The summed E-state index contributed by atoms with van der Waals surface area (Å²) in [5, 5.41) is 10.0. The Hall–Kier alpha value is -1.28. The fourth-order valence-electron chi connectivity index (χ4n) is 3.43. The number of aliphatic hydroxyl groups excluding tert-OH is 1. The summed E-state index contributed by atoms with van der Waals surface area (Å²) in [7, 11) is 2.04. The molecule has 1 rings (SSSR count). The van der Waals surface area contributed by atoms with Gasteiger partial charge in [-0.25, -0.2) is 0 Å². The van der Waals surface area contributed by atoms with E-state index in [0.29, 0.717) is 0 Å². The molecule has 0 saturated carbocycles. The highest BCUT2D eigenvalue weighted by molar-refractivity contribution is 5.97. The molecule has 0 amide bonds. The second-order valence-corrected chi connectivity index (χ2v) is 8.53. The zero-order valence-corrected chi connectivity index (χ0v) is 18.9. The first-order valence-corrected chi connectivity index (χ1v) is 10.7. The Bertz CT molecular complexity index is 563. The van der Waals surface area contributed by atoms with Gasteiger partial charge in [-0.15, -0.1) is 0 Å². The first-order chi connectivity index (χ1) is 13.6. The molecule has 29 heavy (non-hydrogen) atoms. The number of hydrogen-bond acceptors (Lipinski definition) is 7. The molecule has 0 aromatic rings. The summed E-state index contributed by atoms with van der Waals surface area (Å²) in [6, 6.07) is -0.433. The predicted molar refractivity (Wildman–Crippen MR) is 113 cm³/mol. The van der Waals surface area contributed by atoms with E-state index < -0.39 is 30.1 Å². The first kappa shape index (κ1) is 25.8. The maximum absolute atomic E-state index is 12.8. The Kier molecular flexibility index (Phi) is 11.0. The van der Waals surface area contributed by atoms with Crippen molar-refractivity contribution in [2.75, 3.05) is 26.7 Å². The molecule has 0 radical (unpaired) electrons. The van der Waals surface area contributed by atoms with Crippen LogP contribution in [-0.2, 0) is 19.1 Å². The number of Topliss-reactive ketones (excluding diaryl/α,β-unsaturated/α-hetero) is 1. The lowest BCUT2D eigenvalue weighted by atomic mass is 9.91. The third kappa shape index (κ3) is 8.54. The number of carbonyl (C=O) groups excluding carboxylic acids is 2. The number of cyclic esters (lactones) is 1. The highest BCUT2D eigenvalue weighted by atomic mass is 16.5. The standard InChI is InChI=1S/C22H40N2O5/c1-7-20-14(2)8-10-24(6)11-9-15(3)22(28-13-19(26)17(5)23)16(4)18(25)12-21(27)29-20/h9,14,16-17,19-20,22,26H,7-8,10-13,23H2,1-6H3/b15-9+/t14-,16+,17?,19?,20-,22+/m1/s1. The summed E-state index contributed by atoms with van der Waals surface area (Å²) in [4.78, 5) is 27.3. The lowest BCUT2D eigenvalue weighted by Gasteiger charge is -2.29. The minimum Gasteiger partial charge on any atom is -0.462 e. The molecule has 0 spiro atoms. The summed E-state index contributed by atoms with van der Waals surface area (Å²) < 4.78 is 11.5. The largest absolute Gasteiger partial charge is 0.462 e. The zero-order chi connectivity index (χ0) is 22.1. The summed E-state index contributed by atoms with van der Waals surface area (Å²) in [6.07, 6.45) is 1.87. The van der Waals surface area contributed by atoms with E-state index in [2.05, 4.69) is 17.9 Å². The molecule has 0 fully saturated rings. The molecular formula is C22H40N2O5. The van der Waals surface area contributed by atoms with Crippen LogP contribution in [0.25, 0.3) is 0 Å². The average molecular weight is 413 g/mol. The van der Waals surface area contributed by atoms with Crippen LogP contribution in [0, 0.1) is 11.8 Å². The van der Waals surface area contributed by atoms with Crippen LogP contribution in [0.4, 0.5) is 0 Å². The second kappa shape index (κ2) is 12.4. The van der Waals surface area contributed by atoms with Crippen molar-refractivity contribution in [1.29, 1.82) is 0 Å². The van der Waals surface area contributed by atoms with Crippen molar-refractivity contribution in [3.8, 4) is 0 Å². The smallest absolute Gasteiger partial charge is 0.313 e. The Morgan fingerprint density at radius 2 is 2.03 bits per heavy atom. The van der Waals surface area contributed by atoms with Crippen LogP contribution in [0.5, 0.6) is 0 Å². The average Bonchev–Trinajstić information content (AvgIpc) is 2.67. The SMILES string of the molecule is CC[C@H]1OC(=O)CC(=O)[C@H](C)[C@@H](OCC(O)C(C)N)/C(C)=C/CN(C)CC[C@H]1C. The molecule has 7 nitrogen and oxygen atoms in total. The van der Waals surface area contributed by atoms with Crippen molar-refractivity contribution in [3.05, 3.63) is 11.6 Å². The zero-order valence-electron chi connectivity index (χ0n) is 18.9. The molecule has 3 N–H and O–H groups in total. The van der Waals surface area contributed by atoms with Crippen molar-refractivity contribution in [1.82, 2.24) is 4.90 Å². The molecule has 1 heterocycles. The van der Waals surface area contributed by atoms with Gasteiger partial charge >= 0.3 is 5.97 Å². The highest BCUT2D eigenvalue weighted by Gasteiger charge is 2.30. The van der Waals surface area contributed by atoms with Crippen LogP contribution in [0.3, 0.4) is 0 Å². The van der Waals surface area contributed by atoms with Crippen LogP contribution in [-0.4, -0.2) is 72.9 Å². The molecule has 0 aliphatic carbocycles. The van der Waals surface area contributed by atoms with E-state index in [0.717, 1.165) is 31.5 Å². The fraction of sp³-hybridized carbons (Fsp3) is 0.818. The second-order valence-electron chi connectivity index (χ2n) is 8.53. The topological polar surface area (TPSA) is 102 Å². The predicted octanol–water partition coefficient (Wildman–Crippen LogP) is 1.91. The van der Waals surface area contributed by atoms with Crippen molar-refractivity contribution in [2.45, 2.75) is 78.2 Å². The van der Waals surface area contributed by atoms with Gasteiger partial charge in [-0.1, -0.05) is 26.8 Å². The number of nitrogens with two attached hydrogens (primary N) is 1. The molecule has 168 valence electrons. The van der Waals surface area contributed by atoms with Gasteiger partial charge in [0.05, 0.1) is 18.8 Å². The van der Waals surface area contributed by atoms with Crippen LogP contribution in [0.2, 0.25) is 0 Å². The number of esters is 1. The Balaban J connectivity index is 3.05. The van der Waals surface area contributed by atoms with Gasteiger partial charge in [-0.2, -0.15) is 0 Å². The number of ether oxygens (including phenoxy) is 2. The van der Waals surface area contributed by atoms with Crippen molar-refractivity contribution in [3.63, 3.8) is 0 Å². The molecular weight excluding hydrogens is 372 g/mol. The maximum Gasteiger partial charge on any atom is 0.313 e. The number of carbonyl (C=O) groups is 2. The third-order valence-electron chi connectivity index (χ3n) is 5.79. The van der Waals surface area contributed by atoms with Gasteiger partial charge in [0.2, 0.25) is 0 Å². The molecule has 1 aliphatic heterocycles. The molecule has 1 aliphatic rings. The Morgan fingerprint density at radius 1 is 1.38 bits per heavy atom. The monoisotopic (exact) mass is 412 g/mol. The van der Waals surface area contributed by atoms with Gasteiger partial charge < -0.3 is 25.2 Å². The minimum atomic E-state index is -0.822. The molecule has 0 aromatic heterocycles. The van der Waals surface area contributed by atoms with E-state index in [1.807, 2.05) is 20.9 Å². The maximum atomic E-state index is 12.8. The van der Waals surface area contributed by atoms with Gasteiger partial charge in [0.25, 0.3) is 0 Å². The van der Waals surface area contributed by atoms with E-state index in [1.54, 1.807) is 13.8 Å². The molecule has 6 atom stereocenters. The molecule has 0 aromatic carbocycles. The fourth-order valence-corrected chi connectivity index (χ4v) is 3.43. The number of hydrogen-bond donors (Lipinski definition) is 2. The van der Waals surface area contributed by atoms with Crippen LogP contribution in [0.1, 0.15) is 53.9 Å². The van der Waals surface area contributed by atoms with Crippen molar-refractivity contribution < 1.29 is 24.2 Å². The summed E-state index contributed by atoms with van der Waals surface area (Å²) in [5.41, 5.74) is 6.62. The number of aliphatic hydroxyl groups is 1. The molecule has 0 saturated heterocycles. The number of nitrogens with zero attached hydrogens (tertiary/aromatic N) is 1. The number of ketones is 1. The molecule has 0 bridgehead atoms. The van der Waals surface area contributed by atoms with E-state index in [-0.39, 0.29) is 30.8 Å². The minimum absolute atomic E-state index is 0.0286. The lowest BCUT2D eigenvalue weighted by molar-refractivity contribution is -0.154. The van der Waals surface area contributed by atoms with Crippen LogP contribution < -0.4 is 5.73 Å². The van der Waals surface area contributed by atoms with Gasteiger partial charge in [0, 0.05) is 18.5 Å². The Labute approximate surface area is 175 Å².